The summed E-state index contributed by atoms with van der Waals surface area (Å²) >= 11 is 2.71. The highest BCUT2D eigenvalue weighted by molar-refractivity contribution is 7.99. The first kappa shape index (κ1) is 16.7. The third kappa shape index (κ3) is 3.85. The summed E-state index contributed by atoms with van der Waals surface area (Å²) < 4.78 is 1.50. The largest absolute Gasteiger partial charge is 0.355 e. The molecule has 0 atom stereocenters. The molecule has 24 heavy (non-hydrogen) atoms. The zero-order valence-electron chi connectivity index (χ0n) is 13.2. The van der Waals surface area contributed by atoms with Gasteiger partial charge in [-0.05, 0) is 23.4 Å². The van der Waals surface area contributed by atoms with Crippen LogP contribution in [0.25, 0.3) is 10.2 Å². The summed E-state index contributed by atoms with van der Waals surface area (Å²) in [5.74, 6) is 0.183. The van der Waals surface area contributed by atoms with Gasteiger partial charge < -0.3 is 5.32 Å². The predicted molar refractivity (Wildman–Crippen MR) is 98.7 cm³/mol. The van der Waals surface area contributed by atoms with Gasteiger partial charge in [-0.1, -0.05) is 42.1 Å². The fourth-order valence-electron chi connectivity index (χ4n) is 2.28. The van der Waals surface area contributed by atoms with Gasteiger partial charge in [0.2, 0.25) is 5.91 Å². The summed E-state index contributed by atoms with van der Waals surface area (Å²) in [6, 6.07) is 11.8. The summed E-state index contributed by atoms with van der Waals surface area (Å²) in [6.07, 6.45) is 0.801. The third-order valence-electron chi connectivity index (χ3n) is 3.57. The van der Waals surface area contributed by atoms with E-state index in [1.807, 2.05) is 35.7 Å². The Morgan fingerprint density at radius 2 is 2.08 bits per heavy atom. The van der Waals surface area contributed by atoms with Gasteiger partial charge in [-0.3, -0.25) is 14.2 Å². The quantitative estimate of drug-likeness (QED) is 0.542. The number of amides is 1. The molecule has 5 nitrogen and oxygen atoms in total. The highest BCUT2D eigenvalue weighted by Crippen LogP contribution is 2.20. The van der Waals surface area contributed by atoms with Crippen molar-refractivity contribution in [3.63, 3.8) is 0 Å². The summed E-state index contributed by atoms with van der Waals surface area (Å²) in [5, 5.41) is 5.93. The molecular weight excluding hydrogens is 342 g/mol. The Morgan fingerprint density at radius 3 is 2.88 bits per heavy atom. The lowest BCUT2D eigenvalue weighted by atomic mass is 10.1. The Hall–Kier alpha value is -2.12. The molecule has 0 spiro atoms. The first-order valence-corrected chi connectivity index (χ1v) is 9.39. The molecule has 0 bridgehead atoms. The SMILES string of the molecule is Cn1c(SCC(=O)NCCc2ccccc2)nc2sccc2c1=O. The van der Waals surface area contributed by atoms with E-state index in [1.54, 1.807) is 13.1 Å². The van der Waals surface area contributed by atoms with Crippen LogP contribution in [0.15, 0.2) is 51.7 Å². The Kier molecular flexibility index (Phi) is 5.32. The van der Waals surface area contributed by atoms with Crippen molar-refractivity contribution in [2.75, 3.05) is 12.3 Å². The van der Waals surface area contributed by atoms with Crippen molar-refractivity contribution in [3.05, 3.63) is 57.7 Å². The number of aromatic nitrogens is 2. The maximum atomic E-state index is 12.2. The molecule has 0 saturated carbocycles. The molecule has 0 aliphatic carbocycles. The fraction of sp³-hybridized carbons (Fsp3) is 0.235. The number of benzene rings is 1. The fourth-order valence-corrected chi connectivity index (χ4v) is 3.89. The molecule has 3 rings (SSSR count). The predicted octanol–water partition coefficient (Wildman–Crippen LogP) is 2.45. The summed E-state index contributed by atoms with van der Waals surface area (Å²) in [4.78, 5) is 29.3. The van der Waals surface area contributed by atoms with Crippen LogP contribution in [-0.2, 0) is 18.3 Å². The molecule has 124 valence electrons. The zero-order valence-corrected chi connectivity index (χ0v) is 14.8. The minimum atomic E-state index is -0.0757. The Labute approximate surface area is 147 Å². The zero-order chi connectivity index (χ0) is 16.9. The molecule has 2 aromatic heterocycles. The molecule has 0 aliphatic rings. The topological polar surface area (TPSA) is 64.0 Å². The van der Waals surface area contributed by atoms with E-state index >= 15 is 0 Å². The van der Waals surface area contributed by atoms with E-state index in [-0.39, 0.29) is 17.2 Å². The number of nitrogens with one attached hydrogen (secondary N) is 1. The average molecular weight is 359 g/mol. The van der Waals surface area contributed by atoms with Gasteiger partial charge in [0.15, 0.2) is 5.16 Å². The van der Waals surface area contributed by atoms with E-state index in [0.717, 1.165) is 6.42 Å². The average Bonchev–Trinajstić information content (AvgIpc) is 3.06. The van der Waals surface area contributed by atoms with Crippen LogP contribution in [0.4, 0.5) is 0 Å². The summed E-state index contributed by atoms with van der Waals surface area (Å²) in [5.41, 5.74) is 1.12. The second-order valence-corrected chi connectivity index (χ2v) is 7.11. The van der Waals surface area contributed by atoms with Gasteiger partial charge in [0.05, 0.1) is 11.1 Å². The lowest BCUT2D eigenvalue weighted by Gasteiger charge is -2.08. The molecule has 3 aromatic rings. The molecule has 1 N–H and O–H groups in total. The molecule has 0 saturated heterocycles. The van der Waals surface area contributed by atoms with E-state index in [1.165, 1.54) is 33.2 Å². The van der Waals surface area contributed by atoms with Crippen molar-refractivity contribution < 1.29 is 4.79 Å². The Balaban J connectivity index is 1.54. The highest BCUT2D eigenvalue weighted by atomic mass is 32.2. The molecule has 0 aliphatic heterocycles. The van der Waals surface area contributed by atoms with Gasteiger partial charge >= 0.3 is 0 Å². The number of fused-ring (bicyclic) bond motifs is 1. The molecule has 7 heteroatoms. The second kappa shape index (κ2) is 7.63. The van der Waals surface area contributed by atoms with Gasteiger partial charge in [0, 0.05) is 13.6 Å². The molecule has 2 heterocycles. The van der Waals surface area contributed by atoms with E-state index in [0.29, 0.717) is 21.9 Å². The van der Waals surface area contributed by atoms with Gasteiger partial charge in [0.25, 0.3) is 5.56 Å². The summed E-state index contributed by atoms with van der Waals surface area (Å²) in [7, 11) is 1.68. The van der Waals surface area contributed by atoms with Crippen molar-refractivity contribution in [2.45, 2.75) is 11.6 Å². The van der Waals surface area contributed by atoms with Crippen molar-refractivity contribution in [1.82, 2.24) is 14.9 Å². The number of thiophene rings is 1. The Morgan fingerprint density at radius 1 is 1.29 bits per heavy atom. The normalized spacial score (nSPS) is 10.9. The maximum Gasteiger partial charge on any atom is 0.262 e. The molecule has 0 radical (unpaired) electrons. The lowest BCUT2D eigenvalue weighted by Crippen LogP contribution is -2.28. The number of hydrogen-bond donors (Lipinski definition) is 1. The van der Waals surface area contributed by atoms with Crippen molar-refractivity contribution >= 4 is 39.2 Å². The molecule has 0 fully saturated rings. The molecule has 1 aromatic carbocycles. The van der Waals surface area contributed by atoms with Crippen LogP contribution in [-0.4, -0.2) is 27.8 Å². The van der Waals surface area contributed by atoms with Crippen LogP contribution in [0.5, 0.6) is 0 Å². The molecular formula is C17H17N3O2S2. The standard InChI is InChI=1S/C17H17N3O2S2/c1-20-16(22)13-8-10-23-15(13)19-17(20)24-11-14(21)18-9-7-12-5-3-2-4-6-12/h2-6,8,10H,7,9,11H2,1H3,(H,18,21). The van der Waals surface area contributed by atoms with E-state index in [4.69, 9.17) is 0 Å². The highest BCUT2D eigenvalue weighted by Gasteiger charge is 2.11. The van der Waals surface area contributed by atoms with Gasteiger partial charge in [-0.2, -0.15) is 0 Å². The first-order chi connectivity index (χ1) is 11.6. The van der Waals surface area contributed by atoms with E-state index in [2.05, 4.69) is 10.3 Å². The molecule has 0 unspecified atom stereocenters. The number of hydrogen-bond acceptors (Lipinski definition) is 5. The lowest BCUT2D eigenvalue weighted by molar-refractivity contribution is -0.118. The van der Waals surface area contributed by atoms with E-state index < -0.39 is 0 Å². The van der Waals surface area contributed by atoms with Crippen molar-refractivity contribution in [2.24, 2.45) is 7.05 Å². The van der Waals surface area contributed by atoms with Crippen LogP contribution in [0.1, 0.15) is 5.56 Å². The third-order valence-corrected chi connectivity index (χ3v) is 5.41. The number of carbonyl (C=O) groups excluding carboxylic acids is 1. The Bertz CT molecular complexity index is 903. The monoisotopic (exact) mass is 359 g/mol. The van der Waals surface area contributed by atoms with Crippen molar-refractivity contribution in [3.8, 4) is 0 Å². The number of thioether (sulfide) groups is 1. The van der Waals surface area contributed by atoms with Crippen LogP contribution in [0, 0.1) is 0 Å². The van der Waals surface area contributed by atoms with Gasteiger partial charge in [-0.25, -0.2) is 4.98 Å². The number of nitrogens with zero attached hydrogens (tertiary/aromatic N) is 2. The maximum absolute atomic E-state index is 12.2. The van der Waals surface area contributed by atoms with E-state index in [9.17, 15) is 9.59 Å². The van der Waals surface area contributed by atoms with Crippen LogP contribution in [0.2, 0.25) is 0 Å². The minimum absolute atomic E-state index is 0.0588. The van der Waals surface area contributed by atoms with Crippen LogP contribution < -0.4 is 10.9 Å². The first-order valence-electron chi connectivity index (χ1n) is 7.53. The van der Waals surface area contributed by atoms with Crippen LogP contribution in [0.3, 0.4) is 0 Å². The van der Waals surface area contributed by atoms with Gasteiger partial charge in [0.1, 0.15) is 4.83 Å². The van der Waals surface area contributed by atoms with Crippen molar-refractivity contribution in [1.29, 1.82) is 0 Å². The van der Waals surface area contributed by atoms with Crippen LogP contribution >= 0.6 is 23.1 Å². The van der Waals surface area contributed by atoms with Gasteiger partial charge in [-0.15, -0.1) is 11.3 Å². The second-order valence-electron chi connectivity index (χ2n) is 5.27. The molecule has 1 amide bonds. The minimum Gasteiger partial charge on any atom is -0.355 e. The smallest absolute Gasteiger partial charge is 0.262 e. The summed E-state index contributed by atoms with van der Waals surface area (Å²) in [6.45, 7) is 0.597. The number of carbonyl (C=O) groups is 1. The number of rotatable bonds is 6.